The van der Waals surface area contributed by atoms with E-state index in [4.69, 9.17) is 10.8 Å². The van der Waals surface area contributed by atoms with Gasteiger partial charge in [0.15, 0.2) is 0 Å². The molecule has 0 aliphatic carbocycles. The quantitative estimate of drug-likeness (QED) is 0.593. The molecule has 3 aromatic carbocycles. The van der Waals surface area contributed by atoms with Crippen LogP contribution in [0.3, 0.4) is 0 Å². The van der Waals surface area contributed by atoms with Crippen LogP contribution in [0.15, 0.2) is 91.0 Å². The van der Waals surface area contributed by atoms with Crippen LogP contribution in [0.2, 0.25) is 0 Å². The van der Waals surface area contributed by atoms with Gasteiger partial charge in [-0.3, -0.25) is 0 Å². The zero-order chi connectivity index (χ0) is 21.5. The summed E-state index contributed by atoms with van der Waals surface area (Å²) in [6.45, 7) is -0.0568. The highest BCUT2D eigenvalue weighted by molar-refractivity contribution is 5.19. The summed E-state index contributed by atoms with van der Waals surface area (Å²) in [5.74, 6) is -0.0286. The maximum atomic E-state index is 10.9. The molecule has 1 saturated heterocycles. The second-order valence-electron chi connectivity index (χ2n) is 8.01. The molecule has 1 aliphatic heterocycles. The van der Waals surface area contributed by atoms with Crippen LogP contribution in [-0.2, 0) is 28.9 Å². The Morgan fingerprint density at radius 3 is 1.83 bits per heavy atom. The summed E-state index contributed by atoms with van der Waals surface area (Å²) in [4.78, 5) is 0. The molecule has 30 heavy (non-hydrogen) atoms. The van der Waals surface area contributed by atoms with Gasteiger partial charge in [-0.25, -0.2) is 0 Å². The third kappa shape index (κ3) is 5.57. The fourth-order valence-corrected chi connectivity index (χ4v) is 4.27. The molecular formula is C27H30O3. The Morgan fingerprint density at radius 1 is 0.767 bits per heavy atom. The minimum atomic E-state index is -0.967. The largest absolute Gasteiger partial charge is 0.390 e. The Balaban J connectivity index is 1.53. The SMILES string of the molecule is [2H][C@H]1O[C@H](COCc2ccccc2)[C@H](Cc2ccccc2)[C@H](Cc2ccccc2)[C@H]1O. The Morgan fingerprint density at radius 2 is 1.27 bits per heavy atom. The first-order chi connectivity index (χ1) is 15.2. The van der Waals surface area contributed by atoms with E-state index in [2.05, 4.69) is 24.3 Å². The van der Waals surface area contributed by atoms with E-state index in [1.165, 1.54) is 11.1 Å². The van der Waals surface area contributed by atoms with Gasteiger partial charge in [0.25, 0.3) is 0 Å². The van der Waals surface area contributed by atoms with E-state index in [1.807, 2.05) is 66.7 Å². The topological polar surface area (TPSA) is 38.7 Å². The molecule has 3 heteroatoms. The first kappa shape index (κ1) is 19.5. The number of aliphatic hydroxyl groups excluding tert-OH is 1. The number of hydrogen-bond acceptors (Lipinski definition) is 3. The Kier molecular flexibility index (Phi) is 6.85. The van der Waals surface area contributed by atoms with Gasteiger partial charge in [-0.2, -0.15) is 0 Å². The van der Waals surface area contributed by atoms with Crippen molar-refractivity contribution in [3.63, 3.8) is 0 Å². The lowest BCUT2D eigenvalue weighted by Gasteiger charge is -2.41. The van der Waals surface area contributed by atoms with E-state index >= 15 is 0 Å². The third-order valence-corrected chi connectivity index (χ3v) is 5.88. The first-order valence-corrected chi connectivity index (χ1v) is 10.7. The van der Waals surface area contributed by atoms with Crippen molar-refractivity contribution in [2.45, 2.75) is 31.7 Å². The molecule has 4 rings (SSSR count). The van der Waals surface area contributed by atoms with Crippen LogP contribution in [0.1, 0.15) is 18.1 Å². The average molecular weight is 404 g/mol. The molecular weight excluding hydrogens is 372 g/mol. The van der Waals surface area contributed by atoms with Gasteiger partial charge in [-0.05, 0) is 41.4 Å². The van der Waals surface area contributed by atoms with Gasteiger partial charge in [0.1, 0.15) is 0 Å². The Hall–Kier alpha value is -2.46. The molecule has 1 fully saturated rings. The third-order valence-electron chi connectivity index (χ3n) is 5.88. The lowest BCUT2D eigenvalue weighted by atomic mass is 9.75. The van der Waals surface area contributed by atoms with Crippen molar-refractivity contribution in [3.8, 4) is 0 Å². The predicted octanol–water partition coefficient (Wildman–Crippen LogP) is 4.68. The molecule has 156 valence electrons. The number of ether oxygens (including phenoxy) is 2. The number of hydrogen-bond donors (Lipinski definition) is 1. The molecule has 0 radical (unpaired) electrons. The van der Waals surface area contributed by atoms with Crippen molar-refractivity contribution < 1.29 is 16.0 Å². The van der Waals surface area contributed by atoms with Crippen LogP contribution in [0.4, 0.5) is 0 Å². The van der Waals surface area contributed by atoms with E-state index in [9.17, 15) is 5.11 Å². The molecule has 0 unspecified atom stereocenters. The smallest absolute Gasteiger partial charge is 0.0844 e. The molecule has 1 aliphatic rings. The summed E-state index contributed by atoms with van der Waals surface area (Å²) >= 11 is 0. The molecule has 0 spiro atoms. The lowest BCUT2D eigenvalue weighted by Crippen LogP contribution is -2.49. The summed E-state index contributed by atoms with van der Waals surface area (Å²) in [7, 11) is 0. The van der Waals surface area contributed by atoms with E-state index in [1.54, 1.807) is 0 Å². The average Bonchev–Trinajstić information content (AvgIpc) is 2.81. The number of aliphatic hydroxyl groups is 1. The van der Waals surface area contributed by atoms with Crippen LogP contribution < -0.4 is 0 Å². The summed E-state index contributed by atoms with van der Waals surface area (Å²) < 4.78 is 20.3. The second kappa shape index (κ2) is 10.5. The molecule has 1 heterocycles. The Bertz CT molecular complexity index is 904. The highest BCUT2D eigenvalue weighted by atomic mass is 16.5. The van der Waals surface area contributed by atoms with Gasteiger partial charge in [0, 0.05) is 0 Å². The summed E-state index contributed by atoms with van der Waals surface area (Å²) in [5.41, 5.74) is 3.49. The van der Waals surface area contributed by atoms with Crippen molar-refractivity contribution in [1.82, 2.24) is 0 Å². The number of benzene rings is 3. The maximum Gasteiger partial charge on any atom is 0.0844 e. The van der Waals surface area contributed by atoms with Crippen molar-refractivity contribution >= 4 is 0 Å². The molecule has 3 nitrogen and oxygen atoms in total. The van der Waals surface area contributed by atoms with Crippen molar-refractivity contribution in [1.29, 1.82) is 0 Å². The van der Waals surface area contributed by atoms with Crippen LogP contribution in [0.5, 0.6) is 0 Å². The molecule has 3 aromatic rings. The summed E-state index contributed by atoms with van der Waals surface area (Å²) in [6, 6.07) is 30.6. The molecule has 0 saturated carbocycles. The van der Waals surface area contributed by atoms with Gasteiger partial charge >= 0.3 is 0 Å². The standard InChI is InChI=1S/C27H30O3/c28-26-19-30-27(20-29-18-23-14-8-3-9-15-23)25(17-22-12-6-2-7-13-22)24(26)16-21-10-4-1-5-11-21/h1-15,24-28H,16-20H2/t24-,25+,26-,27+/m0/s1/i19D/t19-,24+,25-,26+,27-/m1. The zero-order valence-corrected chi connectivity index (χ0v) is 17.1. The first-order valence-electron chi connectivity index (χ1n) is 11.2. The van der Waals surface area contributed by atoms with Crippen molar-refractivity contribution in [2.24, 2.45) is 11.8 Å². The Labute approximate surface area is 180 Å². The second-order valence-corrected chi connectivity index (χ2v) is 8.01. The van der Waals surface area contributed by atoms with E-state index < -0.39 is 12.7 Å². The fraction of sp³-hybridized carbons (Fsp3) is 0.333. The molecule has 0 amide bonds. The van der Waals surface area contributed by atoms with Gasteiger partial charge in [0.2, 0.25) is 0 Å². The molecule has 5 atom stereocenters. The molecule has 1 N–H and O–H groups in total. The van der Waals surface area contributed by atoms with Gasteiger partial charge in [-0.15, -0.1) is 0 Å². The van der Waals surface area contributed by atoms with E-state index in [0.29, 0.717) is 19.6 Å². The highest BCUT2D eigenvalue weighted by Gasteiger charge is 2.39. The minimum Gasteiger partial charge on any atom is -0.390 e. The van der Waals surface area contributed by atoms with Crippen LogP contribution >= 0.6 is 0 Å². The van der Waals surface area contributed by atoms with Crippen molar-refractivity contribution in [2.75, 3.05) is 13.2 Å². The maximum absolute atomic E-state index is 10.9. The van der Waals surface area contributed by atoms with Crippen LogP contribution in [0, 0.1) is 11.8 Å². The predicted molar refractivity (Wildman–Crippen MR) is 119 cm³/mol. The van der Waals surface area contributed by atoms with E-state index in [0.717, 1.165) is 12.0 Å². The molecule has 0 aromatic heterocycles. The molecule has 0 bridgehead atoms. The van der Waals surface area contributed by atoms with Gasteiger partial charge in [0.05, 0.1) is 33.4 Å². The summed E-state index contributed by atoms with van der Waals surface area (Å²) in [5, 5.41) is 10.9. The monoisotopic (exact) mass is 403 g/mol. The lowest BCUT2D eigenvalue weighted by molar-refractivity contribution is -0.148. The van der Waals surface area contributed by atoms with Gasteiger partial charge in [-0.1, -0.05) is 91.0 Å². The van der Waals surface area contributed by atoms with Crippen LogP contribution in [-0.4, -0.2) is 30.5 Å². The van der Waals surface area contributed by atoms with E-state index in [-0.39, 0.29) is 17.9 Å². The zero-order valence-electron chi connectivity index (χ0n) is 18.1. The van der Waals surface area contributed by atoms with Crippen LogP contribution in [0.25, 0.3) is 0 Å². The minimum absolute atomic E-state index is 0.0509. The summed E-state index contributed by atoms with van der Waals surface area (Å²) in [6.07, 6.45) is 0.414. The number of rotatable bonds is 8. The normalized spacial score (nSPS) is 26.8. The fourth-order valence-electron chi connectivity index (χ4n) is 4.27. The highest BCUT2D eigenvalue weighted by Crippen LogP contribution is 2.33. The van der Waals surface area contributed by atoms with Gasteiger partial charge < -0.3 is 14.6 Å². The van der Waals surface area contributed by atoms with Crippen molar-refractivity contribution in [3.05, 3.63) is 108 Å².